The van der Waals surface area contributed by atoms with Crippen LogP contribution < -0.4 is 5.32 Å². The maximum absolute atomic E-state index is 14.1. The molecule has 5 nitrogen and oxygen atoms in total. The maximum atomic E-state index is 14.1. The number of aromatic nitrogens is 1. The van der Waals surface area contributed by atoms with Crippen molar-refractivity contribution in [3.8, 4) is 6.07 Å². The highest BCUT2D eigenvalue weighted by molar-refractivity contribution is 5.93. The number of hydrogen-bond acceptors (Lipinski definition) is 5. The second-order valence-electron chi connectivity index (χ2n) is 7.20. The molecule has 0 amide bonds. The molecule has 0 spiro atoms. The maximum Gasteiger partial charge on any atom is 0.149 e. The Labute approximate surface area is 164 Å². The molecule has 1 N–H and O–H groups in total. The lowest BCUT2D eigenvalue weighted by Crippen LogP contribution is -2.43. The summed E-state index contributed by atoms with van der Waals surface area (Å²) in [6, 6.07) is 16.7. The van der Waals surface area contributed by atoms with E-state index in [4.69, 9.17) is 0 Å². The van der Waals surface area contributed by atoms with Crippen LogP contribution in [0.3, 0.4) is 0 Å². The number of piperazine rings is 1. The van der Waals surface area contributed by atoms with Crippen molar-refractivity contribution in [3.63, 3.8) is 0 Å². The molecule has 0 atom stereocenters. The predicted octanol–water partition coefficient (Wildman–Crippen LogP) is 3.74. The quantitative estimate of drug-likeness (QED) is 0.753. The Kier molecular flexibility index (Phi) is 5.20. The molecule has 1 aromatic heterocycles. The van der Waals surface area contributed by atoms with Crippen LogP contribution in [-0.2, 0) is 6.54 Å². The van der Waals surface area contributed by atoms with E-state index in [9.17, 15) is 9.65 Å². The summed E-state index contributed by atoms with van der Waals surface area (Å²) < 4.78 is 14.1. The molecule has 142 valence electrons. The largest absolute Gasteiger partial charge is 0.355 e. The summed E-state index contributed by atoms with van der Waals surface area (Å²) in [5, 5.41) is 13.2. The lowest BCUT2D eigenvalue weighted by molar-refractivity contribution is 0.148. The van der Waals surface area contributed by atoms with Crippen LogP contribution in [-0.4, -0.2) is 48.0 Å². The third-order valence-corrected chi connectivity index (χ3v) is 5.14. The molecule has 0 bridgehead atoms. The Morgan fingerprint density at radius 3 is 2.57 bits per heavy atom. The number of halogens is 1. The van der Waals surface area contributed by atoms with Crippen LogP contribution in [0.15, 0.2) is 48.5 Å². The van der Waals surface area contributed by atoms with Crippen LogP contribution in [0.1, 0.15) is 11.3 Å². The van der Waals surface area contributed by atoms with Crippen molar-refractivity contribution >= 4 is 22.3 Å². The van der Waals surface area contributed by atoms with Gasteiger partial charge in [0.15, 0.2) is 0 Å². The van der Waals surface area contributed by atoms with Crippen LogP contribution in [0.25, 0.3) is 10.9 Å². The minimum atomic E-state index is -0.430. The molecule has 1 fully saturated rings. The molecule has 0 saturated carbocycles. The molecule has 1 aliphatic heterocycles. The Morgan fingerprint density at radius 2 is 1.86 bits per heavy atom. The fourth-order valence-electron chi connectivity index (χ4n) is 3.49. The summed E-state index contributed by atoms with van der Waals surface area (Å²) in [7, 11) is 2.16. The number of rotatable bonds is 4. The van der Waals surface area contributed by atoms with E-state index in [1.807, 2.05) is 18.2 Å². The van der Waals surface area contributed by atoms with Crippen LogP contribution in [0.5, 0.6) is 0 Å². The molecule has 3 aromatic rings. The van der Waals surface area contributed by atoms with E-state index >= 15 is 0 Å². The summed E-state index contributed by atoms with van der Waals surface area (Å²) in [5.41, 5.74) is 3.22. The number of para-hydroxylation sites is 1. The number of nitrogens with one attached hydrogen (secondary N) is 1. The molecule has 4 rings (SSSR count). The number of benzene rings is 2. The highest BCUT2D eigenvalue weighted by Gasteiger charge is 2.14. The van der Waals surface area contributed by atoms with Crippen LogP contribution in [0.2, 0.25) is 0 Å². The second-order valence-corrected chi connectivity index (χ2v) is 7.20. The molecular weight excluding hydrogens is 353 g/mol. The fourth-order valence-corrected chi connectivity index (χ4v) is 3.49. The van der Waals surface area contributed by atoms with Crippen molar-refractivity contribution in [1.82, 2.24) is 14.8 Å². The zero-order valence-electron chi connectivity index (χ0n) is 15.8. The predicted molar refractivity (Wildman–Crippen MR) is 109 cm³/mol. The zero-order valence-corrected chi connectivity index (χ0v) is 15.8. The SMILES string of the molecule is CN1CCN(Cc2ccc(Nc3cc(C#N)nc4c(F)cccc34)cc2)CC1. The summed E-state index contributed by atoms with van der Waals surface area (Å²) in [6.45, 7) is 5.32. The number of hydrogen-bond donors (Lipinski definition) is 1. The van der Waals surface area contributed by atoms with Crippen molar-refractivity contribution < 1.29 is 4.39 Å². The van der Waals surface area contributed by atoms with Crippen LogP contribution in [0, 0.1) is 17.1 Å². The van der Waals surface area contributed by atoms with E-state index in [2.05, 4.69) is 39.3 Å². The first-order valence-corrected chi connectivity index (χ1v) is 9.38. The molecule has 0 radical (unpaired) electrons. The molecule has 0 aliphatic carbocycles. The van der Waals surface area contributed by atoms with E-state index in [1.54, 1.807) is 18.2 Å². The normalized spacial score (nSPS) is 15.5. The molecule has 1 saturated heterocycles. The third-order valence-electron chi connectivity index (χ3n) is 5.14. The van der Waals surface area contributed by atoms with Gasteiger partial charge < -0.3 is 10.2 Å². The molecule has 0 unspecified atom stereocenters. The monoisotopic (exact) mass is 375 g/mol. The highest BCUT2D eigenvalue weighted by Crippen LogP contribution is 2.28. The standard InChI is InChI=1S/C22H22FN5/c1-27-9-11-28(12-10-27)15-16-5-7-17(8-6-16)25-21-13-18(14-24)26-22-19(21)3-2-4-20(22)23/h2-8,13H,9-12,15H2,1H3,(H,25,26). The van der Waals surface area contributed by atoms with Crippen LogP contribution in [0.4, 0.5) is 15.8 Å². The molecular formula is C22H22FN5. The summed E-state index contributed by atoms with van der Waals surface area (Å²) in [6.07, 6.45) is 0. The zero-order chi connectivity index (χ0) is 19.5. The highest BCUT2D eigenvalue weighted by atomic mass is 19.1. The van der Waals surface area contributed by atoms with Gasteiger partial charge in [-0.1, -0.05) is 24.3 Å². The van der Waals surface area contributed by atoms with Gasteiger partial charge in [0.1, 0.15) is 23.1 Å². The number of fused-ring (bicyclic) bond motifs is 1. The van der Waals surface area contributed by atoms with Gasteiger partial charge >= 0.3 is 0 Å². The van der Waals surface area contributed by atoms with Gasteiger partial charge in [-0.25, -0.2) is 9.37 Å². The first-order chi connectivity index (χ1) is 13.6. The van der Waals surface area contributed by atoms with E-state index in [1.165, 1.54) is 11.6 Å². The molecule has 28 heavy (non-hydrogen) atoms. The second kappa shape index (κ2) is 7.93. The van der Waals surface area contributed by atoms with E-state index in [0.29, 0.717) is 11.1 Å². The summed E-state index contributed by atoms with van der Waals surface area (Å²) >= 11 is 0. The Bertz CT molecular complexity index is 1020. The number of anilines is 2. The molecule has 2 heterocycles. The molecule has 2 aromatic carbocycles. The Hall–Kier alpha value is -3.01. The van der Waals surface area contributed by atoms with Gasteiger partial charge in [-0.15, -0.1) is 0 Å². The topological polar surface area (TPSA) is 55.2 Å². The van der Waals surface area contributed by atoms with E-state index < -0.39 is 5.82 Å². The Morgan fingerprint density at radius 1 is 1.11 bits per heavy atom. The fraction of sp³-hybridized carbons (Fsp3) is 0.273. The van der Waals surface area contributed by atoms with E-state index in [0.717, 1.165) is 38.4 Å². The molecule has 6 heteroatoms. The average molecular weight is 375 g/mol. The van der Waals surface area contributed by atoms with Gasteiger partial charge in [0, 0.05) is 43.8 Å². The third kappa shape index (κ3) is 3.96. The van der Waals surface area contributed by atoms with Crippen molar-refractivity contribution in [3.05, 3.63) is 65.6 Å². The van der Waals surface area contributed by atoms with Crippen molar-refractivity contribution in [2.24, 2.45) is 0 Å². The van der Waals surface area contributed by atoms with E-state index in [-0.39, 0.29) is 11.2 Å². The van der Waals surface area contributed by atoms with Gasteiger partial charge in [0.25, 0.3) is 0 Å². The first-order valence-electron chi connectivity index (χ1n) is 9.38. The lowest BCUT2D eigenvalue weighted by atomic mass is 10.1. The van der Waals surface area contributed by atoms with Crippen molar-refractivity contribution in [1.29, 1.82) is 5.26 Å². The minimum absolute atomic E-state index is 0.187. The number of nitrogens with zero attached hydrogens (tertiary/aromatic N) is 4. The van der Waals surface area contributed by atoms with Gasteiger partial charge in [-0.3, -0.25) is 4.90 Å². The van der Waals surface area contributed by atoms with Gasteiger partial charge in [-0.05, 0) is 36.9 Å². The average Bonchev–Trinajstić information content (AvgIpc) is 2.71. The van der Waals surface area contributed by atoms with Gasteiger partial charge in [0.05, 0.1) is 5.69 Å². The lowest BCUT2D eigenvalue weighted by Gasteiger charge is -2.32. The smallest absolute Gasteiger partial charge is 0.149 e. The van der Waals surface area contributed by atoms with Gasteiger partial charge in [0.2, 0.25) is 0 Å². The number of likely N-dealkylation sites (N-methyl/N-ethyl adjacent to an activating group) is 1. The first kappa shape index (κ1) is 18.4. The summed E-state index contributed by atoms with van der Waals surface area (Å²) in [4.78, 5) is 8.90. The van der Waals surface area contributed by atoms with Gasteiger partial charge in [-0.2, -0.15) is 5.26 Å². The van der Waals surface area contributed by atoms with Crippen molar-refractivity contribution in [2.75, 3.05) is 38.5 Å². The number of pyridine rings is 1. The van der Waals surface area contributed by atoms with Crippen molar-refractivity contribution in [2.45, 2.75) is 6.54 Å². The van der Waals surface area contributed by atoms with Crippen LogP contribution >= 0.6 is 0 Å². The minimum Gasteiger partial charge on any atom is -0.355 e. The number of nitriles is 1. The Balaban J connectivity index is 1.53. The summed E-state index contributed by atoms with van der Waals surface area (Å²) in [5.74, 6) is -0.430. The molecule has 1 aliphatic rings.